The molecule has 0 aliphatic heterocycles. The van der Waals surface area contributed by atoms with Gasteiger partial charge in [0.25, 0.3) is 0 Å². The molecule has 1 aliphatic carbocycles. The highest BCUT2D eigenvalue weighted by molar-refractivity contribution is 7.98. The van der Waals surface area contributed by atoms with Gasteiger partial charge in [0.05, 0.1) is 5.60 Å². The predicted octanol–water partition coefficient (Wildman–Crippen LogP) is 2.78. The third-order valence-electron chi connectivity index (χ3n) is 2.90. The lowest BCUT2D eigenvalue weighted by atomic mass is 10.0. The maximum Gasteiger partial charge on any atom is 0.0690 e. The van der Waals surface area contributed by atoms with Gasteiger partial charge in [-0.2, -0.15) is 0 Å². The summed E-state index contributed by atoms with van der Waals surface area (Å²) in [6.07, 6.45) is 4.85. The zero-order chi connectivity index (χ0) is 10.2. The van der Waals surface area contributed by atoms with Gasteiger partial charge in [-0.05, 0) is 49.3 Å². The minimum atomic E-state index is -0.373. The van der Waals surface area contributed by atoms with Gasteiger partial charge in [-0.1, -0.05) is 6.07 Å². The Balaban J connectivity index is 2.22. The maximum absolute atomic E-state index is 9.86. The fraction of sp³-hybridized carbons (Fsp3) is 0.500. The fourth-order valence-electron chi connectivity index (χ4n) is 1.64. The van der Waals surface area contributed by atoms with E-state index < -0.39 is 0 Å². The van der Waals surface area contributed by atoms with E-state index in [4.69, 9.17) is 0 Å². The molecule has 0 spiro atoms. The Morgan fingerprint density at radius 1 is 1.43 bits per heavy atom. The Morgan fingerprint density at radius 2 is 2.14 bits per heavy atom. The monoisotopic (exact) mass is 208 g/mol. The third-order valence-corrected chi connectivity index (χ3v) is 3.63. The first kappa shape index (κ1) is 10.1. The van der Waals surface area contributed by atoms with Crippen molar-refractivity contribution in [3.63, 3.8) is 0 Å². The van der Waals surface area contributed by atoms with Gasteiger partial charge < -0.3 is 5.11 Å². The molecular weight excluding hydrogens is 192 g/mol. The number of hydrogen-bond donors (Lipinski definition) is 1. The van der Waals surface area contributed by atoms with Crippen molar-refractivity contribution in [2.24, 2.45) is 0 Å². The van der Waals surface area contributed by atoms with E-state index in [1.165, 1.54) is 16.0 Å². The van der Waals surface area contributed by atoms with Gasteiger partial charge in [0.15, 0.2) is 0 Å². The smallest absolute Gasteiger partial charge is 0.0690 e. The molecule has 2 heteroatoms. The molecule has 1 nitrogen and oxygen atoms in total. The molecule has 1 saturated carbocycles. The molecule has 76 valence electrons. The van der Waals surface area contributed by atoms with Crippen LogP contribution in [0.25, 0.3) is 0 Å². The number of aryl methyl sites for hydroxylation is 1. The van der Waals surface area contributed by atoms with E-state index in [1.54, 1.807) is 11.8 Å². The topological polar surface area (TPSA) is 20.2 Å². The van der Waals surface area contributed by atoms with Gasteiger partial charge in [-0.3, -0.25) is 0 Å². The van der Waals surface area contributed by atoms with Gasteiger partial charge >= 0.3 is 0 Å². The van der Waals surface area contributed by atoms with Crippen molar-refractivity contribution in [3.05, 3.63) is 29.3 Å². The lowest BCUT2D eigenvalue weighted by Crippen LogP contribution is -2.11. The summed E-state index contributed by atoms with van der Waals surface area (Å²) >= 11 is 1.76. The first-order valence-corrected chi connectivity index (χ1v) is 6.21. The summed E-state index contributed by atoms with van der Waals surface area (Å²) in [6.45, 7) is 2.12. The summed E-state index contributed by atoms with van der Waals surface area (Å²) in [7, 11) is 0. The molecule has 0 bridgehead atoms. The highest BCUT2D eigenvalue weighted by Gasteiger charge is 2.40. The molecule has 0 amide bonds. The molecule has 1 aliphatic rings. The predicted molar refractivity (Wildman–Crippen MR) is 60.8 cm³/mol. The third kappa shape index (κ3) is 2.12. The molecule has 1 aromatic carbocycles. The molecule has 0 heterocycles. The standard InChI is InChI=1S/C12H16OS/c1-9-3-4-11(14-2)7-10(9)8-12(13)5-6-12/h3-4,7,13H,5-6,8H2,1-2H3. The van der Waals surface area contributed by atoms with Crippen molar-refractivity contribution in [3.8, 4) is 0 Å². The molecule has 0 radical (unpaired) electrons. The van der Waals surface area contributed by atoms with Crippen molar-refractivity contribution in [2.75, 3.05) is 6.26 Å². The van der Waals surface area contributed by atoms with Crippen LogP contribution in [0.3, 0.4) is 0 Å². The van der Waals surface area contributed by atoms with E-state index in [2.05, 4.69) is 31.4 Å². The van der Waals surface area contributed by atoms with Crippen LogP contribution >= 0.6 is 11.8 Å². The highest BCUT2D eigenvalue weighted by atomic mass is 32.2. The molecule has 1 fully saturated rings. The Morgan fingerprint density at radius 3 is 2.71 bits per heavy atom. The normalized spacial score (nSPS) is 18.2. The second-order valence-corrected chi connectivity index (χ2v) is 5.07. The van der Waals surface area contributed by atoms with E-state index in [-0.39, 0.29) is 5.60 Å². The van der Waals surface area contributed by atoms with Crippen molar-refractivity contribution < 1.29 is 5.11 Å². The molecular formula is C12H16OS. The van der Waals surface area contributed by atoms with Crippen LogP contribution < -0.4 is 0 Å². The average Bonchev–Trinajstić information content (AvgIpc) is 2.88. The molecule has 1 N–H and O–H groups in total. The highest BCUT2D eigenvalue weighted by Crippen LogP contribution is 2.39. The van der Waals surface area contributed by atoms with Crippen molar-refractivity contribution in [1.82, 2.24) is 0 Å². The second-order valence-electron chi connectivity index (χ2n) is 4.19. The quantitative estimate of drug-likeness (QED) is 0.771. The molecule has 0 aromatic heterocycles. The Hall–Kier alpha value is -0.470. The Kier molecular flexibility index (Phi) is 2.58. The minimum absolute atomic E-state index is 0.373. The van der Waals surface area contributed by atoms with Crippen LogP contribution in [0.15, 0.2) is 23.1 Å². The van der Waals surface area contributed by atoms with Gasteiger partial charge in [-0.15, -0.1) is 11.8 Å². The van der Waals surface area contributed by atoms with E-state index in [9.17, 15) is 5.11 Å². The van der Waals surface area contributed by atoms with Crippen molar-refractivity contribution in [1.29, 1.82) is 0 Å². The largest absolute Gasteiger partial charge is 0.390 e. The van der Waals surface area contributed by atoms with Gasteiger partial charge in [0.2, 0.25) is 0 Å². The minimum Gasteiger partial charge on any atom is -0.390 e. The zero-order valence-corrected chi connectivity index (χ0v) is 9.53. The van der Waals surface area contributed by atoms with Gasteiger partial charge in [0, 0.05) is 11.3 Å². The summed E-state index contributed by atoms with van der Waals surface area (Å²) in [5.74, 6) is 0. The van der Waals surface area contributed by atoms with Crippen LogP contribution in [0.1, 0.15) is 24.0 Å². The number of rotatable bonds is 3. The van der Waals surface area contributed by atoms with Crippen molar-refractivity contribution in [2.45, 2.75) is 36.7 Å². The average molecular weight is 208 g/mol. The summed E-state index contributed by atoms with van der Waals surface area (Å²) < 4.78 is 0. The summed E-state index contributed by atoms with van der Waals surface area (Å²) in [5.41, 5.74) is 2.22. The maximum atomic E-state index is 9.86. The second kappa shape index (κ2) is 3.59. The van der Waals surface area contributed by atoms with E-state index >= 15 is 0 Å². The van der Waals surface area contributed by atoms with Crippen LogP contribution in [0.5, 0.6) is 0 Å². The van der Waals surface area contributed by atoms with Crippen LogP contribution in [0.2, 0.25) is 0 Å². The van der Waals surface area contributed by atoms with E-state index in [0.717, 1.165) is 19.3 Å². The lowest BCUT2D eigenvalue weighted by Gasteiger charge is -2.11. The molecule has 0 atom stereocenters. The molecule has 2 rings (SSSR count). The van der Waals surface area contributed by atoms with Crippen LogP contribution in [0, 0.1) is 6.92 Å². The van der Waals surface area contributed by atoms with Gasteiger partial charge in [0.1, 0.15) is 0 Å². The lowest BCUT2D eigenvalue weighted by molar-refractivity contribution is 0.150. The van der Waals surface area contributed by atoms with Crippen molar-refractivity contribution >= 4 is 11.8 Å². The number of hydrogen-bond acceptors (Lipinski definition) is 2. The summed E-state index contributed by atoms with van der Waals surface area (Å²) in [4.78, 5) is 1.29. The first-order chi connectivity index (χ1) is 6.63. The van der Waals surface area contributed by atoms with Crippen LogP contribution in [0.4, 0.5) is 0 Å². The summed E-state index contributed by atoms with van der Waals surface area (Å²) in [6, 6.07) is 6.49. The number of thioether (sulfide) groups is 1. The Labute approximate surface area is 89.5 Å². The number of aliphatic hydroxyl groups is 1. The SMILES string of the molecule is CSc1ccc(C)c(CC2(O)CC2)c1. The van der Waals surface area contributed by atoms with Gasteiger partial charge in [-0.25, -0.2) is 0 Å². The van der Waals surface area contributed by atoms with E-state index in [1.807, 2.05) is 0 Å². The first-order valence-electron chi connectivity index (χ1n) is 4.99. The molecule has 1 aromatic rings. The molecule has 0 unspecified atom stereocenters. The number of benzene rings is 1. The Bertz CT molecular complexity index is 342. The fourth-order valence-corrected chi connectivity index (χ4v) is 2.11. The van der Waals surface area contributed by atoms with Crippen LogP contribution in [-0.4, -0.2) is 17.0 Å². The molecule has 0 saturated heterocycles. The molecule has 14 heavy (non-hydrogen) atoms. The van der Waals surface area contributed by atoms with Crippen LogP contribution in [-0.2, 0) is 6.42 Å². The summed E-state index contributed by atoms with van der Waals surface area (Å²) in [5, 5.41) is 9.86. The zero-order valence-electron chi connectivity index (χ0n) is 8.71. The van der Waals surface area contributed by atoms with E-state index in [0.29, 0.717) is 0 Å².